The minimum atomic E-state index is 0.110. The summed E-state index contributed by atoms with van der Waals surface area (Å²) >= 11 is 0. The van der Waals surface area contributed by atoms with Gasteiger partial charge in [0.2, 0.25) is 0 Å². The average molecular weight is 344 g/mol. The number of aromatic nitrogens is 3. The Morgan fingerprint density at radius 2 is 2.04 bits per heavy atom. The highest BCUT2D eigenvalue weighted by Crippen LogP contribution is 2.32. The molecule has 3 N–H and O–H groups in total. The Labute approximate surface area is 151 Å². The summed E-state index contributed by atoms with van der Waals surface area (Å²) in [4.78, 5) is 12.3. The molecule has 0 radical (unpaired) electrons. The highest BCUT2D eigenvalue weighted by molar-refractivity contribution is 6.49. The molecule has 4 heterocycles. The second-order valence-corrected chi connectivity index (χ2v) is 5.79. The van der Waals surface area contributed by atoms with Crippen molar-refractivity contribution in [3.05, 3.63) is 66.9 Å². The van der Waals surface area contributed by atoms with E-state index in [0.29, 0.717) is 0 Å². The summed E-state index contributed by atoms with van der Waals surface area (Å²) < 4.78 is 0. The summed E-state index contributed by atoms with van der Waals surface area (Å²) in [7, 11) is 0. The fourth-order valence-electron chi connectivity index (χ4n) is 3.15. The molecule has 1 aromatic carbocycles. The van der Waals surface area contributed by atoms with Crippen molar-refractivity contribution in [3.63, 3.8) is 0 Å². The van der Waals surface area contributed by atoms with E-state index in [4.69, 9.17) is 0 Å². The van der Waals surface area contributed by atoms with E-state index >= 15 is 0 Å². The Bertz CT molecular complexity index is 1030. The van der Waals surface area contributed by atoms with E-state index < -0.39 is 0 Å². The molecular formula is C20H20N6. The van der Waals surface area contributed by atoms with Crippen LogP contribution in [0.4, 0.5) is 5.69 Å². The molecule has 0 saturated heterocycles. The summed E-state index contributed by atoms with van der Waals surface area (Å²) in [5.41, 5.74) is 5.23. The minimum Gasteiger partial charge on any atom is -0.361 e. The first-order valence-corrected chi connectivity index (χ1v) is 8.74. The standard InChI is InChI=1S/C18H14N6.C2H6/c1-2-16-11(3-5-19-16)7-13(1)24-18-17-14(4-6-20-18)15(10-21-17)12-8-22-23-9-12;1-2/h1-10,14,19H,(H,20,24)(H,22,23);1-2H3. The predicted octanol–water partition coefficient (Wildman–Crippen LogP) is 4.37. The number of H-pyrrole nitrogens is 2. The largest absolute Gasteiger partial charge is 0.361 e. The van der Waals surface area contributed by atoms with Crippen molar-refractivity contribution in [2.45, 2.75) is 13.8 Å². The van der Waals surface area contributed by atoms with E-state index in [-0.39, 0.29) is 5.92 Å². The van der Waals surface area contributed by atoms with Gasteiger partial charge in [-0.05, 0) is 29.8 Å². The predicted molar refractivity (Wildman–Crippen MR) is 107 cm³/mol. The molecule has 5 rings (SSSR count). The number of amidine groups is 1. The fraction of sp³-hybridized carbons (Fsp3) is 0.150. The summed E-state index contributed by atoms with van der Waals surface area (Å²) in [5.74, 6) is 0.894. The summed E-state index contributed by atoms with van der Waals surface area (Å²) in [6, 6.07) is 8.24. The molecule has 3 aromatic rings. The van der Waals surface area contributed by atoms with Gasteiger partial charge >= 0.3 is 0 Å². The van der Waals surface area contributed by atoms with Gasteiger partial charge in [-0.3, -0.25) is 10.1 Å². The number of rotatable bonds is 2. The molecule has 6 nitrogen and oxygen atoms in total. The van der Waals surface area contributed by atoms with Crippen molar-refractivity contribution >= 4 is 33.7 Å². The molecule has 130 valence electrons. The Kier molecular flexibility index (Phi) is 4.23. The van der Waals surface area contributed by atoms with Gasteiger partial charge < -0.3 is 10.3 Å². The Morgan fingerprint density at radius 1 is 1.12 bits per heavy atom. The molecule has 1 atom stereocenters. The lowest BCUT2D eigenvalue weighted by atomic mass is 9.91. The van der Waals surface area contributed by atoms with Gasteiger partial charge in [-0.2, -0.15) is 5.10 Å². The maximum Gasteiger partial charge on any atom is 0.153 e. The van der Waals surface area contributed by atoms with Crippen LogP contribution in [-0.4, -0.2) is 26.7 Å². The van der Waals surface area contributed by atoms with Gasteiger partial charge in [0.05, 0.1) is 17.8 Å². The first kappa shape index (κ1) is 16.1. The molecule has 0 bridgehead atoms. The van der Waals surface area contributed by atoms with E-state index in [1.54, 1.807) is 0 Å². The molecule has 1 unspecified atom stereocenters. The lowest BCUT2D eigenvalue weighted by molar-refractivity contribution is 1.09. The topological polar surface area (TPSA) is 81.2 Å². The molecule has 0 spiro atoms. The summed E-state index contributed by atoms with van der Waals surface area (Å²) in [5, 5.41) is 11.4. The average Bonchev–Trinajstić information content (AvgIpc) is 3.43. The molecule has 0 amide bonds. The van der Waals surface area contributed by atoms with Crippen LogP contribution in [0.15, 0.2) is 71.3 Å². The molecular weight excluding hydrogens is 324 g/mol. The van der Waals surface area contributed by atoms with Crippen molar-refractivity contribution < 1.29 is 0 Å². The van der Waals surface area contributed by atoms with Crippen molar-refractivity contribution in [2.75, 3.05) is 5.32 Å². The number of aromatic amines is 2. The van der Waals surface area contributed by atoms with Crippen LogP contribution in [0.3, 0.4) is 0 Å². The van der Waals surface area contributed by atoms with Gasteiger partial charge in [-0.25, -0.2) is 4.99 Å². The Morgan fingerprint density at radius 3 is 2.88 bits per heavy atom. The van der Waals surface area contributed by atoms with E-state index in [0.717, 1.165) is 39.3 Å². The van der Waals surface area contributed by atoms with Gasteiger partial charge in [0.15, 0.2) is 5.84 Å². The molecule has 2 aliphatic rings. The number of aliphatic imine (C=N–C) groups is 2. The number of nitrogens with one attached hydrogen (secondary N) is 3. The molecule has 2 aliphatic heterocycles. The van der Waals surface area contributed by atoms with E-state index in [2.05, 4.69) is 54.8 Å². The Hall–Kier alpha value is -3.41. The van der Waals surface area contributed by atoms with Crippen LogP contribution < -0.4 is 5.32 Å². The van der Waals surface area contributed by atoms with E-state index in [9.17, 15) is 0 Å². The number of hydrogen-bond acceptors (Lipinski definition) is 4. The van der Waals surface area contributed by atoms with E-state index in [1.807, 2.05) is 50.9 Å². The number of allylic oxidation sites excluding steroid dienone is 2. The van der Waals surface area contributed by atoms with Crippen LogP contribution in [0.5, 0.6) is 0 Å². The second-order valence-electron chi connectivity index (χ2n) is 5.79. The van der Waals surface area contributed by atoms with Crippen molar-refractivity contribution in [3.8, 4) is 0 Å². The van der Waals surface area contributed by atoms with Crippen molar-refractivity contribution in [1.29, 1.82) is 0 Å². The first-order valence-electron chi connectivity index (χ1n) is 8.74. The van der Waals surface area contributed by atoms with Gasteiger partial charge in [0.1, 0.15) is 0 Å². The van der Waals surface area contributed by atoms with Crippen LogP contribution in [0.25, 0.3) is 16.5 Å². The van der Waals surface area contributed by atoms with Gasteiger partial charge in [0, 0.05) is 46.9 Å². The fourth-order valence-corrected chi connectivity index (χ4v) is 3.15. The third kappa shape index (κ3) is 2.75. The van der Waals surface area contributed by atoms with Crippen LogP contribution in [0, 0.1) is 5.92 Å². The van der Waals surface area contributed by atoms with Crippen LogP contribution in [-0.2, 0) is 0 Å². The van der Waals surface area contributed by atoms with Crippen LogP contribution in [0.1, 0.15) is 19.4 Å². The normalized spacial score (nSPS) is 17.8. The lowest BCUT2D eigenvalue weighted by Crippen LogP contribution is -2.29. The van der Waals surface area contributed by atoms with Crippen LogP contribution >= 0.6 is 0 Å². The van der Waals surface area contributed by atoms with Gasteiger partial charge in [-0.15, -0.1) is 0 Å². The smallest absolute Gasteiger partial charge is 0.153 e. The maximum atomic E-state index is 4.59. The highest BCUT2D eigenvalue weighted by Gasteiger charge is 2.29. The third-order valence-electron chi connectivity index (χ3n) is 4.34. The molecule has 0 aliphatic carbocycles. The van der Waals surface area contributed by atoms with Crippen molar-refractivity contribution in [1.82, 2.24) is 15.2 Å². The van der Waals surface area contributed by atoms with E-state index in [1.165, 1.54) is 0 Å². The number of nitrogens with zero attached hydrogens (tertiary/aromatic N) is 3. The number of anilines is 1. The molecule has 0 saturated carbocycles. The zero-order valence-electron chi connectivity index (χ0n) is 14.7. The minimum absolute atomic E-state index is 0.110. The summed E-state index contributed by atoms with van der Waals surface area (Å²) in [6.45, 7) is 4.00. The van der Waals surface area contributed by atoms with Crippen LogP contribution in [0.2, 0.25) is 0 Å². The Balaban J connectivity index is 0.000000814. The molecule has 2 aromatic heterocycles. The number of fused-ring (bicyclic) bond motifs is 2. The number of hydrogen-bond donors (Lipinski definition) is 3. The molecule has 0 fully saturated rings. The van der Waals surface area contributed by atoms with Gasteiger partial charge in [-0.1, -0.05) is 19.9 Å². The van der Waals surface area contributed by atoms with Crippen molar-refractivity contribution in [2.24, 2.45) is 15.9 Å². The zero-order valence-corrected chi connectivity index (χ0v) is 14.7. The second kappa shape index (κ2) is 6.84. The zero-order chi connectivity index (χ0) is 17.9. The monoisotopic (exact) mass is 344 g/mol. The third-order valence-corrected chi connectivity index (χ3v) is 4.34. The molecule has 6 heteroatoms. The maximum absolute atomic E-state index is 4.59. The lowest BCUT2D eigenvalue weighted by Gasteiger charge is -2.19. The highest BCUT2D eigenvalue weighted by atomic mass is 15.1. The molecule has 26 heavy (non-hydrogen) atoms. The summed E-state index contributed by atoms with van der Waals surface area (Å²) in [6.07, 6.45) is 11.4. The number of benzene rings is 1. The van der Waals surface area contributed by atoms with Gasteiger partial charge in [0.25, 0.3) is 0 Å². The first-order chi connectivity index (χ1) is 12.9. The quantitative estimate of drug-likeness (QED) is 0.645. The SMILES string of the molecule is C1=CC2C(c3cn[nH]c3)=CN=C2C(Nc2ccc3[nH]ccc3c2)=N1.CC.